The van der Waals surface area contributed by atoms with Crippen LogP contribution in [0.2, 0.25) is 0 Å². The van der Waals surface area contributed by atoms with Crippen molar-refractivity contribution in [1.82, 2.24) is 15.1 Å². The van der Waals surface area contributed by atoms with Gasteiger partial charge in [-0.1, -0.05) is 6.92 Å². The SMILES string of the molecule is CC[C@@H](NC(=O)N1CCC(N(C)C)C1)C(=O)O. The zero-order valence-corrected chi connectivity index (χ0v) is 10.6. The molecule has 0 aromatic carbocycles. The van der Waals surface area contributed by atoms with Crippen molar-refractivity contribution in [2.24, 2.45) is 0 Å². The zero-order valence-electron chi connectivity index (χ0n) is 10.6. The van der Waals surface area contributed by atoms with E-state index in [0.29, 0.717) is 25.6 Å². The van der Waals surface area contributed by atoms with Crippen molar-refractivity contribution in [2.75, 3.05) is 27.2 Å². The number of carboxylic acid groups (broad SMARTS) is 1. The van der Waals surface area contributed by atoms with E-state index < -0.39 is 12.0 Å². The Labute approximate surface area is 102 Å². The van der Waals surface area contributed by atoms with E-state index in [-0.39, 0.29) is 6.03 Å². The van der Waals surface area contributed by atoms with Crippen LogP contribution in [-0.2, 0) is 4.79 Å². The number of hydrogen-bond donors (Lipinski definition) is 2. The van der Waals surface area contributed by atoms with Gasteiger partial charge in [-0.05, 0) is 26.9 Å². The summed E-state index contributed by atoms with van der Waals surface area (Å²) in [4.78, 5) is 26.4. The first-order valence-corrected chi connectivity index (χ1v) is 5.90. The second-order valence-corrected chi connectivity index (χ2v) is 4.60. The van der Waals surface area contributed by atoms with Gasteiger partial charge in [-0.15, -0.1) is 0 Å². The highest BCUT2D eigenvalue weighted by atomic mass is 16.4. The molecule has 0 bridgehead atoms. The molecule has 0 aromatic heterocycles. The highest BCUT2D eigenvalue weighted by Gasteiger charge is 2.29. The molecule has 0 saturated carbocycles. The number of hydrogen-bond acceptors (Lipinski definition) is 3. The Balaban J connectivity index is 2.47. The molecule has 1 fully saturated rings. The summed E-state index contributed by atoms with van der Waals surface area (Å²) in [6.45, 7) is 3.09. The molecule has 17 heavy (non-hydrogen) atoms. The predicted molar refractivity (Wildman–Crippen MR) is 63.9 cm³/mol. The number of carbonyl (C=O) groups is 2. The van der Waals surface area contributed by atoms with Crippen LogP contribution in [0, 0.1) is 0 Å². The van der Waals surface area contributed by atoms with Gasteiger partial charge in [-0.3, -0.25) is 0 Å². The summed E-state index contributed by atoms with van der Waals surface area (Å²) in [6, 6.07) is -0.699. The van der Waals surface area contributed by atoms with Crippen molar-refractivity contribution in [3.8, 4) is 0 Å². The summed E-state index contributed by atoms with van der Waals surface area (Å²) >= 11 is 0. The Morgan fingerprint density at radius 3 is 2.59 bits per heavy atom. The number of nitrogens with zero attached hydrogens (tertiary/aromatic N) is 2. The molecule has 0 radical (unpaired) electrons. The molecule has 2 atom stereocenters. The molecule has 0 aromatic rings. The molecular weight excluding hydrogens is 222 g/mol. The minimum atomic E-state index is -0.982. The number of likely N-dealkylation sites (tertiary alicyclic amines) is 1. The average molecular weight is 243 g/mol. The van der Waals surface area contributed by atoms with Gasteiger partial charge < -0.3 is 20.2 Å². The lowest BCUT2D eigenvalue weighted by molar-refractivity contribution is -0.139. The minimum Gasteiger partial charge on any atom is -0.480 e. The van der Waals surface area contributed by atoms with Crippen molar-refractivity contribution in [3.05, 3.63) is 0 Å². The monoisotopic (exact) mass is 243 g/mol. The molecule has 2 N–H and O–H groups in total. The average Bonchev–Trinajstić information content (AvgIpc) is 2.74. The largest absolute Gasteiger partial charge is 0.480 e. The van der Waals surface area contributed by atoms with Crippen LogP contribution in [0.3, 0.4) is 0 Å². The third-order valence-electron chi connectivity index (χ3n) is 3.18. The van der Waals surface area contributed by atoms with E-state index in [1.165, 1.54) is 0 Å². The molecule has 6 heteroatoms. The van der Waals surface area contributed by atoms with Crippen molar-refractivity contribution < 1.29 is 14.7 Å². The fourth-order valence-corrected chi connectivity index (χ4v) is 1.93. The third kappa shape index (κ3) is 3.59. The van der Waals surface area contributed by atoms with Crippen LogP contribution in [0.25, 0.3) is 0 Å². The zero-order chi connectivity index (χ0) is 13.0. The molecule has 2 amide bonds. The highest BCUT2D eigenvalue weighted by molar-refractivity contribution is 5.82. The molecule has 1 unspecified atom stereocenters. The molecule has 1 saturated heterocycles. The Kier molecular flexibility index (Phi) is 4.74. The maximum atomic E-state index is 11.8. The van der Waals surface area contributed by atoms with Crippen LogP contribution in [0.15, 0.2) is 0 Å². The van der Waals surface area contributed by atoms with Crippen molar-refractivity contribution in [3.63, 3.8) is 0 Å². The van der Waals surface area contributed by atoms with Gasteiger partial charge in [-0.25, -0.2) is 9.59 Å². The van der Waals surface area contributed by atoms with Crippen LogP contribution in [0.5, 0.6) is 0 Å². The molecule has 6 nitrogen and oxygen atoms in total. The third-order valence-corrected chi connectivity index (χ3v) is 3.18. The van der Waals surface area contributed by atoms with E-state index in [4.69, 9.17) is 5.11 Å². The summed E-state index contributed by atoms with van der Waals surface area (Å²) in [5, 5.41) is 11.4. The topological polar surface area (TPSA) is 72.9 Å². The van der Waals surface area contributed by atoms with E-state index in [1.54, 1.807) is 11.8 Å². The molecule has 1 rings (SSSR count). The number of urea groups is 1. The van der Waals surface area contributed by atoms with Crippen molar-refractivity contribution in [1.29, 1.82) is 0 Å². The van der Waals surface area contributed by atoms with Crippen LogP contribution in [-0.4, -0.2) is 66.2 Å². The quantitative estimate of drug-likeness (QED) is 0.739. The Morgan fingerprint density at radius 1 is 1.53 bits per heavy atom. The van der Waals surface area contributed by atoms with E-state index >= 15 is 0 Å². The van der Waals surface area contributed by atoms with E-state index in [2.05, 4.69) is 10.2 Å². The first-order chi connectivity index (χ1) is 7.95. The smallest absolute Gasteiger partial charge is 0.326 e. The molecule has 1 heterocycles. The summed E-state index contributed by atoms with van der Waals surface area (Å²) in [5.41, 5.74) is 0. The van der Waals surface area contributed by atoms with Gasteiger partial charge in [0.2, 0.25) is 0 Å². The molecule has 0 aliphatic carbocycles. The molecular formula is C11H21N3O3. The molecule has 1 aliphatic heterocycles. The number of nitrogens with one attached hydrogen (secondary N) is 1. The van der Waals surface area contributed by atoms with E-state index in [1.807, 2.05) is 14.1 Å². The second-order valence-electron chi connectivity index (χ2n) is 4.60. The summed E-state index contributed by atoms with van der Waals surface area (Å²) in [6.07, 6.45) is 1.33. The second kappa shape index (κ2) is 5.86. The summed E-state index contributed by atoms with van der Waals surface area (Å²) in [5.74, 6) is -0.982. The normalized spacial score (nSPS) is 21.6. The highest BCUT2D eigenvalue weighted by Crippen LogP contribution is 2.13. The predicted octanol–water partition coefficient (Wildman–Crippen LogP) is 0.195. The Bertz CT molecular complexity index is 294. The standard InChI is InChI=1S/C11H21N3O3/c1-4-9(10(15)16)12-11(17)14-6-5-8(7-14)13(2)3/h8-9H,4-7H2,1-3H3,(H,12,17)(H,15,16)/t8?,9-/m1/s1. The number of aliphatic carboxylic acids is 1. The Morgan fingerprint density at radius 2 is 2.18 bits per heavy atom. The maximum Gasteiger partial charge on any atom is 0.326 e. The van der Waals surface area contributed by atoms with Gasteiger partial charge in [0, 0.05) is 19.1 Å². The van der Waals surface area contributed by atoms with Crippen LogP contribution in [0.4, 0.5) is 4.79 Å². The van der Waals surface area contributed by atoms with Crippen molar-refractivity contribution >= 4 is 12.0 Å². The maximum absolute atomic E-state index is 11.8. The van der Waals surface area contributed by atoms with Crippen LogP contribution in [0.1, 0.15) is 19.8 Å². The van der Waals surface area contributed by atoms with Crippen molar-refractivity contribution in [2.45, 2.75) is 31.8 Å². The van der Waals surface area contributed by atoms with E-state index in [0.717, 1.165) is 6.42 Å². The number of amides is 2. The fourth-order valence-electron chi connectivity index (χ4n) is 1.93. The minimum absolute atomic E-state index is 0.274. The number of rotatable bonds is 4. The lowest BCUT2D eigenvalue weighted by Gasteiger charge is -2.22. The van der Waals surface area contributed by atoms with Gasteiger partial charge >= 0.3 is 12.0 Å². The summed E-state index contributed by atoms with van der Waals surface area (Å²) in [7, 11) is 3.97. The number of carboxylic acids is 1. The van der Waals surface area contributed by atoms with Crippen LogP contribution >= 0.6 is 0 Å². The van der Waals surface area contributed by atoms with Crippen LogP contribution < -0.4 is 5.32 Å². The van der Waals surface area contributed by atoms with Gasteiger partial charge in [0.05, 0.1) is 0 Å². The Hall–Kier alpha value is -1.30. The lowest BCUT2D eigenvalue weighted by Crippen LogP contribution is -2.47. The number of carbonyl (C=O) groups excluding carboxylic acids is 1. The number of likely N-dealkylation sites (N-methyl/N-ethyl adjacent to an activating group) is 1. The van der Waals surface area contributed by atoms with Gasteiger partial charge in [-0.2, -0.15) is 0 Å². The fraction of sp³-hybridized carbons (Fsp3) is 0.818. The van der Waals surface area contributed by atoms with Gasteiger partial charge in [0.1, 0.15) is 6.04 Å². The van der Waals surface area contributed by atoms with Gasteiger partial charge in [0.25, 0.3) is 0 Å². The first-order valence-electron chi connectivity index (χ1n) is 5.90. The lowest BCUT2D eigenvalue weighted by atomic mass is 10.2. The molecule has 1 aliphatic rings. The first kappa shape index (κ1) is 13.8. The van der Waals surface area contributed by atoms with Gasteiger partial charge in [0.15, 0.2) is 0 Å². The van der Waals surface area contributed by atoms with E-state index in [9.17, 15) is 9.59 Å². The molecule has 0 spiro atoms. The summed E-state index contributed by atoms with van der Waals surface area (Å²) < 4.78 is 0. The molecule has 98 valence electrons.